The van der Waals surface area contributed by atoms with E-state index in [-0.39, 0.29) is 24.3 Å². The number of amides is 1. The minimum absolute atomic E-state index is 0.00660. The third-order valence-corrected chi connectivity index (χ3v) is 3.31. The number of carboxylic acid groups (broad SMARTS) is 1. The summed E-state index contributed by atoms with van der Waals surface area (Å²) in [5.41, 5.74) is -0.264. The molecular weight excluding hydrogens is 348 g/mol. The second kappa shape index (κ2) is 7.70. The highest BCUT2D eigenvalue weighted by molar-refractivity contribution is 9.10. The molecule has 0 aliphatic carbocycles. The average Bonchev–Trinajstić information content (AvgIpc) is 2.42. The summed E-state index contributed by atoms with van der Waals surface area (Å²) in [5, 5.41) is 22.0. The van der Waals surface area contributed by atoms with Gasteiger partial charge in [0, 0.05) is 36.7 Å². The van der Waals surface area contributed by atoms with Gasteiger partial charge in [0.1, 0.15) is 6.04 Å². The number of carboxylic acids is 1. The third-order valence-electron chi connectivity index (χ3n) is 2.62. The lowest BCUT2D eigenvalue weighted by Crippen LogP contribution is -2.41. The Hall–Kier alpha value is -2.00. The van der Waals surface area contributed by atoms with Crippen molar-refractivity contribution in [2.24, 2.45) is 0 Å². The summed E-state index contributed by atoms with van der Waals surface area (Å²) in [6.45, 7) is 0.160. The monoisotopic (exact) mass is 360 g/mol. The number of rotatable bonds is 7. The second-order valence-corrected chi connectivity index (χ2v) is 4.92. The number of non-ortho nitro benzene ring substituents is 1. The van der Waals surface area contributed by atoms with Crippen LogP contribution in [0.25, 0.3) is 0 Å². The van der Waals surface area contributed by atoms with Gasteiger partial charge in [0.05, 0.1) is 10.5 Å². The highest BCUT2D eigenvalue weighted by Crippen LogP contribution is 2.22. The first kappa shape index (κ1) is 17.1. The van der Waals surface area contributed by atoms with Crippen LogP contribution in [-0.2, 0) is 9.53 Å². The zero-order valence-electron chi connectivity index (χ0n) is 11.0. The van der Waals surface area contributed by atoms with Crippen molar-refractivity contribution in [1.29, 1.82) is 0 Å². The van der Waals surface area contributed by atoms with Gasteiger partial charge in [-0.1, -0.05) is 0 Å². The first-order valence-corrected chi connectivity index (χ1v) is 6.62. The van der Waals surface area contributed by atoms with Crippen molar-refractivity contribution in [2.75, 3.05) is 13.7 Å². The number of nitrogens with one attached hydrogen (secondary N) is 1. The first-order valence-electron chi connectivity index (χ1n) is 5.83. The fraction of sp³-hybridized carbons (Fsp3) is 0.333. The van der Waals surface area contributed by atoms with Gasteiger partial charge in [0.25, 0.3) is 11.6 Å². The minimum Gasteiger partial charge on any atom is -0.480 e. The van der Waals surface area contributed by atoms with Gasteiger partial charge in [-0.2, -0.15) is 0 Å². The predicted octanol–water partition coefficient (Wildman–Crippen LogP) is 1.58. The maximum Gasteiger partial charge on any atom is 0.326 e. The van der Waals surface area contributed by atoms with Crippen LogP contribution in [-0.4, -0.2) is 41.7 Å². The SMILES string of the molecule is COCCC(NC(=O)c1cc([N+](=O)[O-])ccc1Br)C(=O)O. The Bertz CT molecular complexity index is 563. The molecule has 0 aliphatic heterocycles. The molecule has 114 valence electrons. The first-order chi connectivity index (χ1) is 9.86. The van der Waals surface area contributed by atoms with Gasteiger partial charge in [-0.15, -0.1) is 0 Å². The molecule has 1 atom stereocenters. The normalized spacial score (nSPS) is 11.7. The van der Waals surface area contributed by atoms with E-state index < -0.39 is 22.8 Å². The number of methoxy groups -OCH3 is 1. The topological polar surface area (TPSA) is 119 Å². The summed E-state index contributed by atoms with van der Waals surface area (Å²) in [6, 6.07) is 2.54. The van der Waals surface area contributed by atoms with Crippen LogP contribution in [0.2, 0.25) is 0 Å². The van der Waals surface area contributed by atoms with E-state index in [2.05, 4.69) is 21.2 Å². The molecule has 8 nitrogen and oxygen atoms in total. The number of nitro groups is 1. The van der Waals surface area contributed by atoms with Gasteiger partial charge in [-0.25, -0.2) is 4.79 Å². The summed E-state index contributed by atoms with van der Waals surface area (Å²) in [4.78, 5) is 33.2. The van der Waals surface area contributed by atoms with Crippen molar-refractivity contribution in [3.63, 3.8) is 0 Å². The van der Waals surface area contributed by atoms with E-state index >= 15 is 0 Å². The summed E-state index contributed by atoms with van der Waals surface area (Å²) in [6.07, 6.45) is 0.0874. The smallest absolute Gasteiger partial charge is 0.326 e. The van der Waals surface area contributed by atoms with Crippen LogP contribution in [0.4, 0.5) is 5.69 Å². The molecule has 0 saturated heterocycles. The van der Waals surface area contributed by atoms with Crippen LogP contribution in [0, 0.1) is 10.1 Å². The Labute approximate surface area is 128 Å². The fourth-order valence-corrected chi connectivity index (χ4v) is 1.96. The van der Waals surface area contributed by atoms with E-state index in [1.165, 1.54) is 19.2 Å². The number of hydrogen-bond donors (Lipinski definition) is 2. The number of carbonyl (C=O) groups is 2. The zero-order valence-corrected chi connectivity index (χ0v) is 12.6. The van der Waals surface area contributed by atoms with Crippen molar-refractivity contribution in [2.45, 2.75) is 12.5 Å². The Morgan fingerprint density at radius 1 is 1.52 bits per heavy atom. The van der Waals surface area contributed by atoms with Crippen LogP contribution in [0.1, 0.15) is 16.8 Å². The number of ether oxygens (including phenoxy) is 1. The Balaban J connectivity index is 2.94. The molecule has 0 radical (unpaired) electrons. The largest absolute Gasteiger partial charge is 0.480 e. The molecule has 1 amide bonds. The molecule has 0 aliphatic rings. The molecule has 21 heavy (non-hydrogen) atoms. The van der Waals surface area contributed by atoms with E-state index in [9.17, 15) is 19.7 Å². The highest BCUT2D eigenvalue weighted by Gasteiger charge is 2.22. The average molecular weight is 361 g/mol. The summed E-state index contributed by atoms with van der Waals surface area (Å²) in [7, 11) is 1.41. The quantitative estimate of drug-likeness (QED) is 0.562. The number of carbonyl (C=O) groups excluding carboxylic acids is 1. The number of nitro benzene ring substituents is 1. The molecule has 0 heterocycles. The number of halogens is 1. The van der Waals surface area contributed by atoms with Crippen LogP contribution < -0.4 is 5.32 Å². The van der Waals surface area contributed by atoms with E-state index in [0.29, 0.717) is 4.47 Å². The lowest BCUT2D eigenvalue weighted by molar-refractivity contribution is -0.384. The number of hydrogen-bond acceptors (Lipinski definition) is 5. The molecule has 1 rings (SSSR count). The number of nitrogens with zero attached hydrogens (tertiary/aromatic N) is 1. The van der Waals surface area contributed by atoms with Gasteiger partial charge >= 0.3 is 5.97 Å². The summed E-state index contributed by atoms with van der Waals surface area (Å²) >= 11 is 3.10. The Morgan fingerprint density at radius 3 is 2.71 bits per heavy atom. The molecule has 1 aromatic rings. The summed E-state index contributed by atoms with van der Waals surface area (Å²) < 4.78 is 5.11. The molecule has 0 spiro atoms. The molecule has 2 N–H and O–H groups in total. The standard InChI is InChI=1S/C12H13BrN2O6/c1-21-5-4-10(12(17)18)14-11(16)8-6-7(15(19)20)2-3-9(8)13/h2-3,6,10H,4-5H2,1H3,(H,14,16)(H,17,18). The van der Waals surface area contributed by atoms with Gasteiger partial charge in [-0.3, -0.25) is 14.9 Å². The van der Waals surface area contributed by atoms with E-state index in [1.807, 2.05) is 0 Å². The predicted molar refractivity (Wildman–Crippen MR) is 76.2 cm³/mol. The third kappa shape index (κ3) is 4.80. The van der Waals surface area contributed by atoms with E-state index in [4.69, 9.17) is 9.84 Å². The Kier molecular flexibility index (Phi) is 6.25. The molecule has 1 aromatic carbocycles. The van der Waals surface area contributed by atoms with Gasteiger partial charge < -0.3 is 15.2 Å². The molecule has 0 saturated carbocycles. The maximum absolute atomic E-state index is 12.1. The minimum atomic E-state index is -1.21. The maximum atomic E-state index is 12.1. The lowest BCUT2D eigenvalue weighted by Gasteiger charge is -2.14. The van der Waals surface area contributed by atoms with Gasteiger partial charge in [0.15, 0.2) is 0 Å². The fourth-order valence-electron chi connectivity index (χ4n) is 1.53. The molecular formula is C12H13BrN2O6. The number of benzene rings is 1. The van der Waals surface area contributed by atoms with E-state index in [1.54, 1.807) is 0 Å². The molecule has 1 unspecified atom stereocenters. The zero-order chi connectivity index (χ0) is 16.0. The van der Waals surface area contributed by atoms with Crippen LogP contribution in [0.5, 0.6) is 0 Å². The lowest BCUT2D eigenvalue weighted by atomic mass is 10.1. The van der Waals surface area contributed by atoms with Crippen LogP contribution in [0.3, 0.4) is 0 Å². The van der Waals surface area contributed by atoms with Gasteiger partial charge in [0.2, 0.25) is 0 Å². The summed E-state index contributed by atoms with van der Waals surface area (Å²) in [5.74, 6) is -1.92. The van der Waals surface area contributed by atoms with Crippen molar-refractivity contribution in [3.05, 3.63) is 38.3 Å². The van der Waals surface area contributed by atoms with Crippen LogP contribution >= 0.6 is 15.9 Å². The second-order valence-electron chi connectivity index (χ2n) is 4.07. The van der Waals surface area contributed by atoms with Gasteiger partial charge in [-0.05, 0) is 22.0 Å². The van der Waals surface area contributed by atoms with Crippen LogP contribution in [0.15, 0.2) is 22.7 Å². The van der Waals surface area contributed by atoms with Crippen molar-refractivity contribution >= 4 is 33.5 Å². The number of aliphatic carboxylic acids is 1. The highest BCUT2D eigenvalue weighted by atomic mass is 79.9. The van der Waals surface area contributed by atoms with E-state index in [0.717, 1.165) is 6.07 Å². The van der Waals surface area contributed by atoms with Crippen molar-refractivity contribution < 1.29 is 24.4 Å². The molecule has 9 heteroatoms. The molecule has 0 bridgehead atoms. The Morgan fingerprint density at radius 2 is 2.19 bits per heavy atom. The molecule has 0 fully saturated rings. The van der Waals surface area contributed by atoms with Crippen molar-refractivity contribution in [1.82, 2.24) is 5.32 Å². The van der Waals surface area contributed by atoms with Crippen molar-refractivity contribution in [3.8, 4) is 0 Å². The molecule has 0 aromatic heterocycles.